The Hall–Kier alpha value is -1.32. The molecule has 2 rings (SSSR count). The molecule has 2 amide bonds. The molecule has 2 aliphatic rings. The molecule has 1 aliphatic heterocycles. The van der Waals surface area contributed by atoms with Crippen molar-refractivity contribution in [3.63, 3.8) is 0 Å². The molecule has 2 fully saturated rings. The highest BCUT2D eigenvalue weighted by Gasteiger charge is 2.58. The van der Waals surface area contributed by atoms with Crippen LogP contribution >= 0.6 is 0 Å². The molecule has 4 nitrogen and oxygen atoms in total. The lowest BCUT2D eigenvalue weighted by atomic mass is 9.83. The number of hydrogen-bond acceptors (Lipinski definition) is 2. The minimum absolute atomic E-state index is 0.0174. The second-order valence-electron chi connectivity index (χ2n) is 6.76. The van der Waals surface area contributed by atoms with Gasteiger partial charge in [0, 0.05) is 6.54 Å². The van der Waals surface area contributed by atoms with E-state index >= 15 is 0 Å². The first-order valence-electron chi connectivity index (χ1n) is 7.53. The van der Waals surface area contributed by atoms with Crippen LogP contribution in [0.4, 0.5) is 0 Å². The van der Waals surface area contributed by atoms with Gasteiger partial charge in [0.1, 0.15) is 11.1 Å². The summed E-state index contributed by atoms with van der Waals surface area (Å²) in [6, 6.07) is 0. The predicted octanol–water partition coefficient (Wildman–Crippen LogP) is 2.25. The van der Waals surface area contributed by atoms with E-state index in [4.69, 9.17) is 0 Å². The van der Waals surface area contributed by atoms with Crippen LogP contribution in [0.15, 0.2) is 11.6 Å². The maximum absolute atomic E-state index is 12.9. The van der Waals surface area contributed by atoms with E-state index in [1.54, 1.807) is 4.90 Å². The average Bonchev–Trinajstić information content (AvgIpc) is 3.20. The van der Waals surface area contributed by atoms with E-state index in [0.29, 0.717) is 18.9 Å². The number of nitrogens with zero attached hydrogens (tertiary/aromatic N) is 1. The van der Waals surface area contributed by atoms with Crippen molar-refractivity contribution in [1.82, 2.24) is 10.2 Å². The Bertz CT molecular complexity index is 463. The normalized spacial score (nSPS) is 34.0. The summed E-state index contributed by atoms with van der Waals surface area (Å²) in [6.07, 6.45) is 4.71. The Morgan fingerprint density at radius 3 is 2.40 bits per heavy atom. The standard InChI is InChI=1S/C16H26N2O2/c1-6-15(4)13(19)17-16(5,12-7-8-12)14(20)18(15)10-9-11(2)3/h9,12H,6-8,10H2,1-5H3,(H,17,19). The largest absolute Gasteiger partial charge is 0.340 e. The van der Waals surface area contributed by atoms with Gasteiger partial charge in [0.15, 0.2) is 0 Å². The van der Waals surface area contributed by atoms with Crippen molar-refractivity contribution in [2.75, 3.05) is 6.54 Å². The Kier molecular flexibility index (Phi) is 3.69. The number of hydrogen-bond donors (Lipinski definition) is 1. The van der Waals surface area contributed by atoms with Gasteiger partial charge >= 0.3 is 0 Å². The summed E-state index contributed by atoms with van der Waals surface area (Å²) in [5.41, 5.74) is -0.283. The fourth-order valence-corrected chi connectivity index (χ4v) is 2.90. The van der Waals surface area contributed by atoms with Crippen LogP contribution in [0.3, 0.4) is 0 Å². The summed E-state index contributed by atoms with van der Waals surface area (Å²) in [5, 5.41) is 3.01. The summed E-state index contributed by atoms with van der Waals surface area (Å²) in [4.78, 5) is 27.3. The lowest BCUT2D eigenvalue weighted by Crippen LogP contribution is -2.74. The first kappa shape index (κ1) is 15.1. The van der Waals surface area contributed by atoms with Gasteiger partial charge in [-0.25, -0.2) is 0 Å². The maximum atomic E-state index is 12.9. The average molecular weight is 278 g/mol. The first-order valence-corrected chi connectivity index (χ1v) is 7.53. The smallest absolute Gasteiger partial charge is 0.249 e. The number of piperazine rings is 1. The fraction of sp³-hybridized carbons (Fsp3) is 0.750. The van der Waals surface area contributed by atoms with Crippen LogP contribution in [0.1, 0.15) is 53.9 Å². The summed E-state index contributed by atoms with van der Waals surface area (Å²) < 4.78 is 0. The summed E-state index contributed by atoms with van der Waals surface area (Å²) in [7, 11) is 0. The van der Waals surface area contributed by atoms with E-state index in [0.717, 1.165) is 18.4 Å². The SMILES string of the molecule is CCC1(C)C(=O)NC(C)(C2CC2)C(=O)N1CC=C(C)C. The van der Waals surface area contributed by atoms with Crippen LogP contribution in [0.5, 0.6) is 0 Å². The van der Waals surface area contributed by atoms with Crippen molar-refractivity contribution < 1.29 is 9.59 Å². The third-order valence-corrected chi connectivity index (χ3v) is 4.91. The Balaban J connectivity index is 2.36. The molecule has 1 heterocycles. The second-order valence-corrected chi connectivity index (χ2v) is 6.76. The molecule has 0 bridgehead atoms. The number of rotatable bonds is 4. The molecule has 0 aromatic heterocycles. The third kappa shape index (κ3) is 2.25. The highest BCUT2D eigenvalue weighted by atomic mass is 16.2. The van der Waals surface area contributed by atoms with Crippen LogP contribution in [0, 0.1) is 5.92 Å². The number of nitrogens with one attached hydrogen (secondary N) is 1. The van der Waals surface area contributed by atoms with Crippen molar-refractivity contribution in [3.8, 4) is 0 Å². The monoisotopic (exact) mass is 278 g/mol. The predicted molar refractivity (Wildman–Crippen MR) is 79.1 cm³/mol. The van der Waals surface area contributed by atoms with Crippen LogP contribution < -0.4 is 5.32 Å². The van der Waals surface area contributed by atoms with Crippen LogP contribution in [0.2, 0.25) is 0 Å². The van der Waals surface area contributed by atoms with Gasteiger partial charge in [-0.1, -0.05) is 18.6 Å². The van der Waals surface area contributed by atoms with E-state index in [1.807, 2.05) is 40.7 Å². The van der Waals surface area contributed by atoms with Gasteiger partial charge in [0.25, 0.3) is 0 Å². The molecule has 0 aromatic rings. The molecule has 1 aliphatic carbocycles. The lowest BCUT2D eigenvalue weighted by Gasteiger charge is -2.50. The molecule has 0 spiro atoms. The number of amides is 2. The van der Waals surface area contributed by atoms with Gasteiger partial charge in [0.05, 0.1) is 0 Å². The van der Waals surface area contributed by atoms with Gasteiger partial charge in [-0.15, -0.1) is 0 Å². The Morgan fingerprint density at radius 1 is 1.35 bits per heavy atom. The molecule has 0 aromatic carbocycles. The molecule has 2 unspecified atom stereocenters. The van der Waals surface area contributed by atoms with Crippen LogP contribution in [-0.4, -0.2) is 34.3 Å². The summed E-state index contributed by atoms with van der Waals surface area (Å²) in [5.74, 6) is 0.354. The highest BCUT2D eigenvalue weighted by molar-refractivity contribution is 6.02. The lowest BCUT2D eigenvalue weighted by molar-refractivity contribution is -0.161. The van der Waals surface area contributed by atoms with E-state index in [2.05, 4.69) is 5.32 Å². The zero-order valence-electron chi connectivity index (χ0n) is 13.2. The van der Waals surface area contributed by atoms with Crippen molar-refractivity contribution >= 4 is 11.8 Å². The highest BCUT2D eigenvalue weighted by Crippen LogP contribution is 2.44. The van der Waals surface area contributed by atoms with Crippen molar-refractivity contribution in [3.05, 3.63) is 11.6 Å². The number of allylic oxidation sites excluding steroid dienone is 1. The quantitative estimate of drug-likeness (QED) is 0.802. The fourth-order valence-electron chi connectivity index (χ4n) is 2.90. The van der Waals surface area contributed by atoms with Crippen molar-refractivity contribution in [1.29, 1.82) is 0 Å². The van der Waals surface area contributed by atoms with Crippen molar-refractivity contribution in [2.45, 2.75) is 65.0 Å². The third-order valence-electron chi connectivity index (χ3n) is 4.91. The van der Waals surface area contributed by atoms with Gasteiger partial charge in [0.2, 0.25) is 11.8 Å². The van der Waals surface area contributed by atoms with Gasteiger partial charge in [-0.05, 0) is 52.9 Å². The molecular weight excluding hydrogens is 252 g/mol. The van der Waals surface area contributed by atoms with Crippen LogP contribution in [0.25, 0.3) is 0 Å². The summed E-state index contributed by atoms with van der Waals surface area (Å²) in [6.45, 7) is 10.3. The van der Waals surface area contributed by atoms with Crippen LogP contribution in [-0.2, 0) is 9.59 Å². The van der Waals surface area contributed by atoms with E-state index in [9.17, 15) is 9.59 Å². The molecule has 4 heteroatoms. The van der Waals surface area contributed by atoms with E-state index < -0.39 is 11.1 Å². The minimum Gasteiger partial charge on any atom is -0.340 e. The van der Waals surface area contributed by atoms with Crippen molar-refractivity contribution in [2.24, 2.45) is 5.92 Å². The van der Waals surface area contributed by atoms with E-state index in [-0.39, 0.29) is 11.8 Å². The van der Waals surface area contributed by atoms with Gasteiger partial charge in [-0.2, -0.15) is 0 Å². The number of carbonyl (C=O) groups is 2. The molecule has 1 saturated heterocycles. The summed E-state index contributed by atoms with van der Waals surface area (Å²) >= 11 is 0. The minimum atomic E-state index is -0.739. The van der Waals surface area contributed by atoms with E-state index in [1.165, 1.54) is 0 Å². The molecule has 2 atom stereocenters. The Labute approximate surface area is 121 Å². The zero-order chi connectivity index (χ0) is 15.1. The Morgan fingerprint density at radius 2 is 1.95 bits per heavy atom. The maximum Gasteiger partial charge on any atom is 0.249 e. The number of carbonyl (C=O) groups excluding carboxylic acids is 2. The second kappa shape index (κ2) is 4.90. The molecule has 20 heavy (non-hydrogen) atoms. The molecule has 112 valence electrons. The molecular formula is C16H26N2O2. The molecule has 1 N–H and O–H groups in total. The van der Waals surface area contributed by atoms with Gasteiger partial charge < -0.3 is 10.2 Å². The van der Waals surface area contributed by atoms with Gasteiger partial charge in [-0.3, -0.25) is 9.59 Å². The molecule has 1 saturated carbocycles. The topological polar surface area (TPSA) is 49.4 Å². The zero-order valence-corrected chi connectivity index (χ0v) is 13.2. The molecule has 0 radical (unpaired) electrons. The first-order chi connectivity index (χ1) is 9.25.